The summed E-state index contributed by atoms with van der Waals surface area (Å²) in [5.41, 5.74) is 2.96. The number of piperazine rings is 1. The van der Waals surface area contributed by atoms with Crippen molar-refractivity contribution in [3.05, 3.63) is 84.2 Å². The SMILES string of the molecule is C[C@@H]1CN(C(=O)c2ccccc2)CCN1c1nnc(-c2ccc(C#N)cc2)c2ccncc12. The van der Waals surface area contributed by atoms with Crippen LogP contribution in [0.25, 0.3) is 22.0 Å². The van der Waals surface area contributed by atoms with Crippen LogP contribution in [0.3, 0.4) is 0 Å². The molecule has 1 atom stereocenters. The number of benzene rings is 2. The minimum atomic E-state index is 0.0517. The molecule has 0 radical (unpaired) electrons. The maximum atomic E-state index is 12.9. The summed E-state index contributed by atoms with van der Waals surface area (Å²) in [7, 11) is 0. The summed E-state index contributed by atoms with van der Waals surface area (Å²) in [6.07, 6.45) is 3.57. The van der Waals surface area contributed by atoms with Crippen molar-refractivity contribution in [2.45, 2.75) is 13.0 Å². The van der Waals surface area contributed by atoms with Crippen LogP contribution < -0.4 is 4.90 Å². The molecule has 0 spiro atoms. The minimum absolute atomic E-state index is 0.0517. The van der Waals surface area contributed by atoms with Gasteiger partial charge in [0.15, 0.2) is 5.82 Å². The first-order chi connectivity index (χ1) is 16.2. The lowest BCUT2D eigenvalue weighted by Gasteiger charge is -2.40. The fraction of sp³-hybridized carbons (Fsp3) is 0.192. The van der Waals surface area contributed by atoms with Gasteiger partial charge in [0.05, 0.1) is 11.6 Å². The van der Waals surface area contributed by atoms with Gasteiger partial charge in [-0.05, 0) is 37.3 Å². The van der Waals surface area contributed by atoms with Gasteiger partial charge in [-0.25, -0.2) is 0 Å². The van der Waals surface area contributed by atoms with Gasteiger partial charge in [-0.15, -0.1) is 10.2 Å². The van der Waals surface area contributed by atoms with E-state index in [2.05, 4.69) is 33.1 Å². The van der Waals surface area contributed by atoms with Crippen LogP contribution in [0, 0.1) is 11.3 Å². The van der Waals surface area contributed by atoms with E-state index in [1.54, 1.807) is 18.3 Å². The fourth-order valence-electron chi connectivity index (χ4n) is 4.33. The summed E-state index contributed by atoms with van der Waals surface area (Å²) in [5.74, 6) is 0.825. The third-order valence-corrected chi connectivity index (χ3v) is 6.06. The van der Waals surface area contributed by atoms with Crippen LogP contribution in [0.4, 0.5) is 5.82 Å². The number of fused-ring (bicyclic) bond motifs is 1. The standard InChI is InChI=1S/C26H22N6O/c1-18-17-31(26(33)21-5-3-2-4-6-21)13-14-32(18)25-23-16-28-12-11-22(23)24(29-30-25)20-9-7-19(15-27)8-10-20/h2-12,16,18H,13-14,17H2,1H3/t18-/m1/s1. The second kappa shape index (κ2) is 8.67. The first-order valence-corrected chi connectivity index (χ1v) is 10.9. The van der Waals surface area contributed by atoms with E-state index in [0.717, 1.165) is 27.8 Å². The molecule has 7 heteroatoms. The Morgan fingerprint density at radius 1 is 1.00 bits per heavy atom. The van der Waals surface area contributed by atoms with Gasteiger partial charge in [0.25, 0.3) is 5.91 Å². The van der Waals surface area contributed by atoms with Crippen LogP contribution in [0.2, 0.25) is 0 Å². The molecule has 0 aliphatic carbocycles. The van der Waals surface area contributed by atoms with E-state index >= 15 is 0 Å². The van der Waals surface area contributed by atoms with E-state index in [-0.39, 0.29) is 11.9 Å². The third-order valence-electron chi connectivity index (χ3n) is 6.06. The molecule has 7 nitrogen and oxygen atoms in total. The summed E-state index contributed by atoms with van der Waals surface area (Å²) >= 11 is 0. The van der Waals surface area contributed by atoms with Crippen LogP contribution >= 0.6 is 0 Å². The summed E-state index contributed by atoms with van der Waals surface area (Å²) in [6.45, 7) is 3.98. The normalized spacial score (nSPS) is 15.9. The van der Waals surface area contributed by atoms with Crippen LogP contribution in [0.1, 0.15) is 22.8 Å². The minimum Gasteiger partial charge on any atom is -0.348 e. The predicted molar refractivity (Wildman–Crippen MR) is 127 cm³/mol. The van der Waals surface area contributed by atoms with Crippen molar-refractivity contribution in [3.63, 3.8) is 0 Å². The molecule has 1 aliphatic rings. The first-order valence-electron chi connectivity index (χ1n) is 10.9. The molecule has 1 aliphatic heterocycles. The molecule has 33 heavy (non-hydrogen) atoms. The molecule has 1 saturated heterocycles. The molecule has 2 aromatic heterocycles. The van der Waals surface area contributed by atoms with Gasteiger partial charge in [-0.1, -0.05) is 30.3 Å². The Kier molecular flexibility index (Phi) is 5.41. The van der Waals surface area contributed by atoms with Crippen LogP contribution in [-0.4, -0.2) is 51.7 Å². The molecule has 0 saturated carbocycles. The van der Waals surface area contributed by atoms with Crippen LogP contribution in [-0.2, 0) is 0 Å². The average molecular weight is 435 g/mol. The van der Waals surface area contributed by atoms with E-state index in [0.29, 0.717) is 30.8 Å². The average Bonchev–Trinajstić information content (AvgIpc) is 2.88. The number of nitriles is 1. The number of carbonyl (C=O) groups is 1. The van der Waals surface area contributed by atoms with E-state index in [4.69, 9.17) is 5.26 Å². The Morgan fingerprint density at radius 2 is 1.79 bits per heavy atom. The summed E-state index contributed by atoms with van der Waals surface area (Å²) in [4.78, 5) is 21.3. The number of nitrogens with zero attached hydrogens (tertiary/aromatic N) is 6. The molecular weight excluding hydrogens is 412 g/mol. The molecule has 162 valence electrons. The van der Waals surface area contributed by atoms with Gasteiger partial charge in [-0.3, -0.25) is 9.78 Å². The highest BCUT2D eigenvalue weighted by atomic mass is 16.2. The summed E-state index contributed by atoms with van der Waals surface area (Å²) in [6, 6.07) is 20.9. The monoisotopic (exact) mass is 434 g/mol. The molecule has 0 N–H and O–H groups in total. The molecule has 2 aromatic carbocycles. The van der Waals surface area contributed by atoms with Gasteiger partial charge in [-0.2, -0.15) is 5.26 Å². The number of hydrogen-bond acceptors (Lipinski definition) is 6. The number of amides is 1. The molecule has 1 amide bonds. The lowest BCUT2D eigenvalue weighted by molar-refractivity contribution is 0.0726. The first kappa shape index (κ1) is 20.6. The van der Waals surface area contributed by atoms with Crippen molar-refractivity contribution in [1.82, 2.24) is 20.1 Å². The van der Waals surface area contributed by atoms with Crippen molar-refractivity contribution in [3.8, 4) is 17.3 Å². The lowest BCUT2D eigenvalue weighted by Crippen LogP contribution is -2.54. The third kappa shape index (κ3) is 3.87. The fourth-order valence-corrected chi connectivity index (χ4v) is 4.33. The molecule has 0 unspecified atom stereocenters. The van der Waals surface area contributed by atoms with Gasteiger partial charge < -0.3 is 9.80 Å². The predicted octanol–water partition coefficient (Wildman–Crippen LogP) is 3.91. The summed E-state index contributed by atoms with van der Waals surface area (Å²) < 4.78 is 0. The van der Waals surface area contributed by atoms with Crippen molar-refractivity contribution < 1.29 is 4.79 Å². The second-order valence-corrected chi connectivity index (χ2v) is 8.14. The zero-order valence-electron chi connectivity index (χ0n) is 18.2. The maximum Gasteiger partial charge on any atom is 0.253 e. The Balaban J connectivity index is 1.45. The zero-order chi connectivity index (χ0) is 22.8. The van der Waals surface area contributed by atoms with Crippen molar-refractivity contribution in [2.75, 3.05) is 24.5 Å². The number of aromatic nitrogens is 3. The molecule has 5 rings (SSSR count). The van der Waals surface area contributed by atoms with E-state index in [1.807, 2.05) is 59.6 Å². The molecule has 4 aromatic rings. The molecular formula is C26H22N6O. The highest BCUT2D eigenvalue weighted by molar-refractivity contribution is 6.00. The van der Waals surface area contributed by atoms with Gasteiger partial charge in [0.2, 0.25) is 0 Å². The Hall–Kier alpha value is -4.31. The maximum absolute atomic E-state index is 12.9. The zero-order valence-corrected chi connectivity index (χ0v) is 18.2. The van der Waals surface area contributed by atoms with Crippen LogP contribution in [0.5, 0.6) is 0 Å². The smallest absolute Gasteiger partial charge is 0.253 e. The largest absolute Gasteiger partial charge is 0.348 e. The highest BCUT2D eigenvalue weighted by Gasteiger charge is 2.29. The Bertz CT molecular complexity index is 1350. The number of hydrogen-bond donors (Lipinski definition) is 0. The second-order valence-electron chi connectivity index (χ2n) is 8.14. The van der Waals surface area contributed by atoms with Crippen LogP contribution in [0.15, 0.2) is 73.1 Å². The van der Waals surface area contributed by atoms with Crippen molar-refractivity contribution in [2.24, 2.45) is 0 Å². The van der Waals surface area contributed by atoms with Gasteiger partial charge in [0.1, 0.15) is 5.69 Å². The Morgan fingerprint density at radius 3 is 2.52 bits per heavy atom. The van der Waals surface area contributed by atoms with E-state index in [1.165, 1.54) is 0 Å². The number of pyridine rings is 1. The van der Waals surface area contributed by atoms with E-state index < -0.39 is 0 Å². The highest BCUT2D eigenvalue weighted by Crippen LogP contribution is 2.32. The van der Waals surface area contributed by atoms with Crippen molar-refractivity contribution in [1.29, 1.82) is 5.26 Å². The lowest BCUT2D eigenvalue weighted by atomic mass is 10.0. The molecule has 1 fully saturated rings. The van der Waals surface area contributed by atoms with Crippen molar-refractivity contribution >= 4 is 22.5 Å². The number of rotatable bonds is 3. The number of anilines is 1. The van der Waals surface area contributed by atoms with Gasteiger partial charge in [0, 0.05) is 60.0 Å². The topological polar surface area (TPSA) is 86.0 Å². The van der Waals surface area contributed by atoms with E-state index in [9.17, 15) is 4.79 Å². The molecule has 3 heterocycles. The summed E-state index contributed by atoms with van der Waals surface area (Å²) in [5, 5.41) is 20.1. The molecule has 0 bridgehead atoms. The number of carbonyl (C=O) groups excluding carboxylic acids is 1. The quantitative estimate of drug-likeness (QED) is 0.486. The van der Waals surface area contributed by atoms with Gasteiger partial charge >= 0.3 is 0 Å². The Labute approximate surface area is 191 Å².